The fraction of sp³-hybridized carbons (Fsp3) is 0.381. The van der Waals surface area contributed by atoms with Crippen LogP contribution in [0.15, 0.2) is 54.9 Å². The van der Waals surface area contributed by atoms with Crippen molar-refractivity contribution in [3.05, 3.63) is 66.0 Å². The third-order valence-electron chi connectivity index (χ3n) is 4.90. The number of carbonyl (C=O) groups excluding carboxylic acids is 2. The predicted octanol–water partition coefficient (Wildman–Crippen LogP) is 2.48. The average Bonchev–Trinajstić information content (AvgIpc) is 2.73. The molecule has 6 heteroatoms. The summed E-state index contributed by atoms with van der Waals surface area (Å²) in [5, 5.41) is 5.85. The Morgan fingerprint density at radius 1 is 1.04 bits per heavy atom. The zero-order chi connectivity index (χ0) is 18.9. The first kappa shape index (κ1) is 18.9. The first-order valence-electron chi connectivity index (χ1n) is 9.47. The van der Waals surface area contributed by atoms with Crippen LogP contribution in [0.1, 0.15) is 28.8 Å². The van der Waals surface area contributed by atoms with Crippen molar-refractivity contribution in [1.82, 2.24) is 20.5 Å². The molecule has 0 atom stereocenters. The number of benzene rings is 1. The van der Waals surface area contributed by atoms with E-state index in [-0.39, 0.29) is 11.9 Å². The summed E-state index contributed by atoms with van der Waals surface area (Å²) in [4.78, 5) is 30.2. The van der Waals surface area contributed by atoms with E-state index in [1.54, 1.807) is 24.5 Å². The Kier molecular flexibility index (Phi) is 6.79. The lowest BCUT2D eigenvalue weighted by Crippen LogP contribution is -2.43. The maximum Gasteiger partial charge on any atom is 0.314 e. The quantitative estimate of drug-likeness (QED) is 0.825. The summed E-state index contributed by atoms with van der Waals surface area (Å²) >= 11 is 0. The minimum atomic E-state index is -0.125. The summed E-state index contributed by atoms with van der Waals surface area (Å²) in [6.07, 6.45) is 5.89. The highest BCUT2D eigenvalue weighted by atomic mass is 16.2. The second-order valence-electron chi connectivity index (χ2n) is 6.85. The lowest BCUT2D eigenvalue weighted by atomic mass is 9.96. The van der Waals surface area contributed by atoms with E-state index in [4.69, 9.17) is 0 Å². The van der Waals surface area contributed by atoms with Crippen LogP contribution in [0.25, 0.3) is 0 Å². The lowest BCUT2D eigenvalue weighted by molar-refractivity contribution is 0.0690. The number of carbonyl (C=O) groups is 2. The first-order valence-corrected chi connectivity index (χ1v) is 9.47. The van der Waals surface area contributed by atoms with Crippen molar-refractivity contribution in [2.75, 3.05) is 26.2 Å². The van der Waals surface area contributed by atoms with Gasteiger partial charge in [0.1, 0.15) is 0 Å². The van der Waals surface area contributed by atoms with Crippen LogP contribution < -0.4 is 10.6 Å². The molecule has 3 rings (SSSR count). The van der Waals surface area contributed by atoms with Crippen LogP contribution in [0.3, 0.4) is 0 Å². The summed E-state index contributed by atoms with van der Waals surface area (Å²) in [6.45, 7) is 2.70. The van der Waals surface area contributed by atoms with Gasteiger partial charge in [0, 0.05) is 38.6 Å². The number of hydrogen-bond donors (Lipinski definition) is 2. The Hall–Kier alpha value is -2.89. The maximum atomic E-state index is 12.4. The van der Waals surface area contributed by atoms with Gasteiger partial charge in [-0.3, -0.25) is 9.78 Å². The van der Waals surface area contributed by atoms with Crippen LogP contribution in [0, 0.1) is 5.92 Å². The summed E-state index contributed by atoms with van der Waals surface area (Å²) < 4.78 is 0. The van der Waals surface area contributed by atoms with Crippen molar-refractivity contribution < 1.29 is 9.59 Å². The third-order valence-corrected chi connectivity index (χ3v) is 4.90. The second kappa shape index (κ2) is 9.71. The second-order valence-corrected chi connectivity index (χ2v) is 6.85. The minimum Gasteiger partial charge on any atom is -0.339 e. The Labute approximate surface area is 160 Å². The number of piperidine rings is 1. The molecule has 0 unspecified atom stereocenters. The standard InChI is InChI=1S/C21H26N4O2/c26-20(19-7-4-11-22-16-19)25-13-9-18(10-14-25)15-24-21(27)23-12-8-17-5-2-1-3-6-17/h1-7,11,16,18H,8-10,12-15H2,(H2,23,24,27). The zero-order valence-electron chi connectivity index (χ0n) is 15.4. The van der Waals surface area contributed by atoms with Gasteiger partial charge in [-0.25, -0.2) is 4.79 Å². The van der Waals surface area contributed by atoms with Crippen LogP contribution in [-0.2, 0) is 6.42 Å². The summed E-state index contributed by atoms with van der Waals surface area (Å²) in [7, 11) is 0. The highest BCUT2D eigenvalue weighted by Crippen LogP contribution is 2.18. The number of pyridine rings is 1. The SMILES string of the molecule is O=C(NCCc1ccccc1)NCC1CCN(C(=O)c2cccnc2)CC1. The number of aromatic nitrogens is 1. The van der Waals surface area contributed by atoms with Crippen molar-refractivity contribution in [2.24, 2.45) is 5.92 Å². The van der Waals surface area contributed by atoms with Gasteiger partial charge in [0.25, 0.3) is 5.91 Å². The van der Waals surface area contributed by atoms with Crippen molar-refractivity contribution >= 4 is 11.9 Å². The Balaban J connectivity index is 1.32. The molecule has 1 aromatic heterocycles. The van der Waals surface area contributed by atoms with E-state index in [0.29, 0.717) is 24.6 Å². The third kappa shape index (κ3) is 5.81. The molecule has 0 saturated carbocycles. The largest absolute Gasteiger partial charge is 0.339 e. The van der Waals surface area contributed by atoms with Gasteiger partial charge < -0.3 is 15.5 Å². The molecule has 0 spiro atoms. The molecule has 2 heterocycles. The van der Waals surface area contributed by atoms with Crippen LogP contribution in [0.5, 0.6) is 0 Å². The number of rotatable bonds is 6. The molecule has 3 amide bonds. The molecular weight excluding hydrogens is 340 g/mol. The highest BCUT2D eigenvalue weighted by molar-refractivity contribution is 5.93. The normalized spacial score (nSPS) is 14.6. The summed E-state index contributed by atoms with van der Waals surface area (Å²) in [5.41, 5.74) is 1.84. The van der Waals surface area contributed by atoms with Crippen LogP contribution in [0.4, 0.5) is 4.79 Å². The fourth-order valence-corrected chi connectivity index (χ4v) is 3.28. The van der Waals surface area contributed by atoms with Crippen molar-refractivity contribution in [3.8, 4) is 0 Å². The van der Waals surface area contributed by atoms with E-state index in [0.717, 1.165) is 32.4 Å². The van der Waals surface area contributed by atoms with E-state index in [2.05, 4.69) is 27.8 Å². The fourth-order valence-electron chi connectivity index (χ4n) is 3.28. The lowest BCUT2D eigenvalue weighted by Gasteiger charge is -2.32. The number of urea groups is 1. The molecular formula is C21H26N4O2. The molecule has 2 N–H and O–H groups in total. The molecule has 1 aromatic carbocycles. The molecule has 2 aromatic rings. The zero-order valence-corrected chi connectivity index (χ0v) is 15.4. The van der Waals surface area contributed by atoms with Gasteiger partial charge in [-0.2, -0.15) is 0 Å². The molecule has 142 valence electrons. The number of likely N-dealkylation sites (tertiary alicyclic amines) is 1. The maximum absolute atomic E-state index is 12.4. The summed E-state index contributed by atoms with van der Waals surface area (Å²) in [6, 6.07) is 13.5. The molecule has 0 bridgehead atoms. The van der Waals surface area contributed by atoms with Gasteiger partial charge in [-0.05, 0) is 42.9 Å². The molecule has 1 aliphatic rings. The Morgan fingerprint density at radius 2 is 1.81 bits per heavy atom. The Morgan fingerprint density at radius 3 is 2.52 bits per heavy atom. The van der Waals surface area contributed by atoms with Crippen LogP contribution in [0.2, 0.25) is 0 Å². The average molecular weight is 366 g/mol. The van der Waals surface area contributed by atoms with Crippen LogP contribution >= 0.6 is 0 Å². The van der Waals surface area contributed by atoms with E-state index in [9.17, 15) is 9.59 Å². The van der Waals surface area contributed by atoms with E-state index >= 15 is 0 Å². The Bertz CT molecular complexity index is 728. The van der Waals surface area contributed by atoms with E-state index in [1.807, 2.05) is 23.1 Å². The molecule has 0 aliphatic carbocycles. The molecule has 27 heavy (non-hydrogen) atoms. The van der Waals surface area contributed by atoms with Crippen molar-refractivity contribution in [1.29, 1.82) is 0 Å². The molecule has 6 nitrogen and oxygen atoms in total. The number of hydrogen-bond acceptors (Lipinski definition) is 3. The molecule has 0 radical (unpaired) electrons. The predicted molar refractivity (Wildman–Crippen MR) is 104 cm³/mol. The molecule has 1 saturated heterocycles. The van der Waals surface area contributed by atoms with Gasteiger partial charge >= 0.3 is 6.03 Å². The highest BCUT2D eigenvalue weighted by Gasteiger charge is 2.23. The van der Waals surface area contributed by atoms with Gasteiger partial charge in [0.05, 0.1) is 5.56 Å². The topological polar surface area (TPSA) is 74.3 Å². The van der Waals surface area contributed by atoms with Crippen molar-refractivity contribution in [3.63, 3.8) is 0 Å². The van der Waals surface area contributed by atoms with Gasteiger partial charge in [0.2, 0.25) is 0 Å². The molecule has 1 aliphatic heterocycles. The van der Waals surface area contributed by atoms with Crippen LogP contribution in [-0.4, -0.2) is 48.0 Å². The monoisotopic (exact) mass is 366 g/mol. The number of nitrogens with zero attached hydrogens (tertiary/aromatic N) is 2. The molecule has 1 fully saturated rings. The van der Waals surface area contributed by atoms with E-state index in [1.165, 1.54) is 5.56 Å². The smallest absolute Gasteiger partial charge is 0.314 e. The van der Waals surface area contributed by atoms with Gasteiger partial charge in [-0.15, -0.1) is 0 Å². The number of amides is 3. The van der Waals surface area contributed by atoms with E-state index < -0.39 is 0 Å². The summed E-state index contributed by atoms with van der Waals surface area (Å²) in [5.74, 6) is 0.441. The van der Waals surface area contributed by atoms with Gasteiger partial charge in [0.15, 0.2) is 0 Å². The first-order chi connectivity index (χ1) is 13.2. The van der Waals surface area contributed by atoms with Gasteiger partial charge in [-0.1, -0.05) is 30.3 Å². The minimum absolute atomic E-state index is 0.0353. The van der Waals surface area contributed by atoms with Crippen molar-refractivity contribution in [2.45, 2.75) is 19.3 Å². The number of nitrogens with one attached hydrogen (secondary N) is 2.